The van der Waals surface area contributed by atoms with Crippen LogP contribution in [0.5, 0.6) is 5.75 Å². The van der Waals surface area contributed by atoms with Gasteiger partial charge in [-0.25, -0.2) is 13.1 Å². The molecule has 14 nitrogen and oxygen atoms in total. The predicted molar refractivity (Wildman–Crippen MR) is 206 cm³/mol. The number of nitro benzene ring substituents is 1. The van der Waals surface area contributed by atoms with E-state index in [1.807, 2.05) is 65.4 Å². The predicted octanol–water partition coefficient (Wildman–Crippen LogP) is 5.36. The van der Waals surface area contributed by atoms with Gasteiger partial charge in [-0.1, -0.05) is 54.6 Å². The topological polar surface area (TPSA) is 188 Å². The summed E-state index contributed by atoms with van der Waals surface area (Å²) < 4.78 is 29.6. The van der Waals surface area contributed by atoms with Gasteiger partial charge in [0.15, 0.2) is 5.69 Å². The van der Waals surface area contributed by atoms with E-state index >= 15 is 0 Å². The second-order valence-electron chi connectivity index (χ2n) is 12.3. The van der Waals surface area contributed by atoms with Crippen molar-refractivity contribution < 1.29 is 28.0 Å². The van der Waals surface area contributed by atoms with Gasteiger partial charge in [0, 0.05) is 62.1 Å². The molecule has 4 aromatic carbocycles. The number of rotatable bonds is 14. The van der Waals surface area contributed by atoms with Gasteiger partial charge >= 0.3 is 0 Å². The molecule has 6 rings (SSSR count). The number of hydrogen-bond donors (Lipinski definition) is 3. The number of aromatic hydroxyl groups is 1. The molecule has 3 N–H and O–H groups in total. The number of piperazine rings is 1. The van der Waals surface area contributed by atoms with Crippen LogP contribution in [-0.4, -0.2) is 83.8 Å². The molecular weight excluding hydrogens is 731 g/mol. The summed E-state index contributed by atoms with van der Waals surface area (Å²) in [4.78, 5) is 42.0. The largest absolute Gasteiger partial charge is 0.508 e. The summed E-state index contributed by atoms with van der Waals surface area (Å²) in [5.41, 5.74) is 2.27. The third-order valence-corrected chi connectivity index (χ3v) is 11.2. The Hall–Kier alpha value is -6.00. The maximum absolute atomic E-state index is 13.8. The molecular formula is C38H37N7O7S2. The molecule has 16 heteroatoms. The third kappa shape index (κ3) is 9.31. The Kier molecular flexibility index (Phi) is 12.0. The van der Waals surface area contributed by atoms with E-state index in [9.17, 15) is 33.2 Å². The Morgan fingerprint density at radius 3 is 2.39 bits per heavy atom. The van der Waals surface area contributed by atoms with Crippen molar-refractivity contribution >= 4 is 50.7 Å². The lowest BCUT2D eigenvalue weighted by Gasteiger charge is -2.37. The van der Waals surface area contributed by atoms with Gasteiger partial charge in [-0.05, 0) is 65.6 Å². The molecule has 0 spiro atoms. The van der Waals surface area contributed by atoms with Gasteiger partial charge in [-0.3, -0.25) is 19.7 Å². The quantitative estimate of drug-likeness (QED) is 0.0569. The molecule has 2 amide bonds. The average Bonchev–Trinajstić information content (AvgIpc) is 3.19. The summed E-state index contributed by atoms with van der Waals surface area (Å²) in [6.07, 6.45) is 2.03. The maximum atomic E-state index is 13.8. The number of benzene rings is 4. The Balaban J connectivity index is 1.20. The summed E-state index contributed by atoms with van der Waals surface area (Å²) in [5.74, 6) is -0.397. The van der Waals surface area contributed by atoms with Crippen LogP contribution in [0.4, 0.5) is 17.1 Å². The Labute approximate surface area is 316 Å². The smallest absolute Gasteiger partial charge is 0.293 e. The van der Waals surface area contributed by atoms with Crippen LogP contribution in [0.3, 0.4) is 0 Å². The molecule has 0 atom stereocenters. The zero-order valence-electron chi connectivity index (χ0n) is 29.0. The Morgan fingerprint density at radius 1 is 0.907 bits per heavy atom. The first kappa shape index (κ1) is 37.7. The first-order valence-corrected chi connectivity index (χ1v) is 19.5. The minimum atomic E-state index is -4.66. The third-order valence-electron chi connectivity index (χ3n) is 8.78. The molecule has 0 unspecified atom stereocenters. The van der Waals surface area contributed by atoms with E-state index < -0.39 is 31.4 Å². The molecule has 0 aliphatic carbocycles. The molecule has 278 valence electrons. The minimum absolute atomic E-state index is 0.0774. The highest BCUT2D eigenvalue weighted by Crippen LogP contribution is 2.37. The normalized spacial score (nSPS) is 13.0. The number of phenolic OH excluding ortho intramolecular Hbond substituents is 1. The number of anilines is 2. The van der Waals surface area contributed by atoms with Crippen LogP contribution in [0.1, 0.15) is 22.5 Å². The second kappa shape index (κ2) is 17.2. The highest BCUT2D eigenvalue weighted by atomic mass is 32.2. The molecule has 2 heterocycles. The van der Waals surface area contributed by atoms with E-state index in [-0.39, 0.29) is 61.3 Å². The number of aromatic nitrogens is 2. The van der Waals surface area contributed by atoms with Gasteiger partial charge < -0.3 is 20.2 Å². The van der Waals surface area contributed by atoms with Gasteiger partial charge in [0.25, 0.3) is 21.6 Å². The van der Waals surface area contributed by atoms with Crippen LogP contribution in [0.25, 0.3) is 11.1 Å². The number of thioether (sulfide) groups is 1. The lowest BCUT2D eigenvalue weighted by Crippen LogP contribution is -2.49. The Bertz CT molecular complexity index is 2240. The fourth-order valence-electron chi connectivity index (χ4n) is 6.13. The lowest BCUT2D eigenvalue weighted by atomic mass is 9.96. The van der Waals surface area contributed by atoms with Gasteiger partial charge in [-0.15, -0.1) is 16.9 Å². The number of phenols is 1. The van der Waals surface area contributed by atoms with Crippen LogP contribution >= 0.6 is 11.8 Å². The van der Waals surface area contributed by atoms with Gasteiger partial charge in [0.05, 0.1) is 10.6 Å². The number of nitrogens with zero attached hydrogens (tertiary/aromatic N) is 5. The number of hydrogen-bond acceptors (Lipinski definition) is 12. The molecule has 1 fully saturated rings. The van der Waals surface area contributed by atoms with E-state index in [4.69, 9.17) is 0 Å². The zero-order chi connectivity index (χ0) is 38.1. The number of carbonyl (C=O) groups is 2. The monoisotopic (exact) mass is 767 g/mol. The SMILES string of the molecule is O=C(NS(=O)(=O)c1cc([N+](=O)[O-])c(NCCSc2ccccc2)cc1N1CCN(C(=O)CCc2ccccc2-c2cccc(O)c2)CC1)c1cccnn1. The molecule has 0 radical (unpaired) electrons. The van der Waals surface area contributed by atoms with Crippen molar-refractivity contribution in [2.45, 2.75) is 22.6 Å². The van der Waals surface area contributed by atoms with Crippen LogP contribution in [0.2, 0.25) is 0 Å². The van der Waals surface area contributed by atoms with Gasteiger partial charge in [0.2, 0.25) is 5.91 Å². The molecule has 1 aliphatic heterocycles. The van der Waals surface area contributed by atoms with E-state index in [2.05, 4.69) is 15.5 Å². The molecule has 1 aromatic heterocycles. The summed E-state index contributed by atoms with van der Waals surface area (Å²) in [6.45, 7) is 1.34. The van der Waals surface area contributed by atoms with Crippen molar-refractivity contribution in [3.05, 3.63) is 131 Å². The number of aryl methyl sites for hydroxylation is 1. The van der Waals surface area contributed by atoms with Gasteiger partial charge in [-0.2, -0.15) is 5.10 Å². The van der Waals surface area contributed by atoms with E-state index in [1.165, 1.54) is 24.4 Å². The fraction of sp³-hybridized carbons (Fsp3) is 0.211. The van der Waals surface area contributed by atoms with Gasteiger partial charge in [0.1, 0.15) is 16.3 Å². The molecule has 54 heavy (non-hydrogen) atoms. The number of nitro groups is 1. The lowest BCUT2D eigenvalue weighted by molar-refractivity contribution is -0.384. The second-order valence-corrected chi connectivity index (χ2v) is 15.1. The van der Waals surface area contributed by atoms with Crippen LogP contribution in [-0.2, 0) is 21.2 Å². The van der Waals surface area contributed by atoms with Crippen LogP contribution in [0, 0.1) is 10.1 Å². The average molecular weight is 768 g/mol. The van der Waals surface area contributed by atoms with Crippen molar-refractivity contribution in [1.29, 1.82) is 0 Å². The first-order valence-electron chi connectivity index (χ1n) is 17.1. The zero-order valence-corrected chi connectivity index (χ0v) is 30.6. The van der Waals surface area contributed by atoms with Crippen molar-refractivity contribution in [2.24, 2.45) is 0 Å². The molecule has 1 saturated heterocycles. The van der Waals surface area contributed by atoms with Crippen molar-refractivity contribution in [3.8, 4) is 16.9 Å². The van der Waals surface area contributed by atoms with Crippen molar-refractivity contribution in [3.63, 3.8) is 0 Å². The maximum Gasteiger partial charge on any atom is 0.293 e. The number of carbonyl (C=O) groups excluding carboxylic acids is 2. The highest BCUT2D eigenvalue weighted by Gasteiger charge is 2.32. The number of sulfonamides is 1. The minimum Gasteiger partial charge on any atom is -0.508 e. The van der Waals surface area contributed by atoms with Crippen molar-refractivity contribution in [1.82, 2.24) is 19.8 Å². The van der Waals surface area contributed by atoms with Crippen LogP contribution < -0.4 is 14.9 Å². The summed E-state index contributed by atoms with van der Waals surface area (Å²) in [6, 6.07) is 29.4. The number of nitrogens with one attached hydrogen (secondary N) is 2. The van der Waals surface area contributed by atoms with Crippen LogP contribution in [0.15, 0.2) is 119 Å². The van der Waals surface area contributed by atoms with E-state index in [0.29, 0.717) is 18.7 Å². The molecule has 0 saturated carbocycles. The number of amides is 2. The summed E-state index contributed by atoms with van der Waals surface area (Å²) >= 11 is 1.56. The highest BCUT2D eigenvalue weighted by molar-refractivity contribution is 7.99. The fourth-order valence-corrected chi connectivity index (χ4v) is 8.10. The first-order chi connectivity index (χ1) is 26.1. The summed E-state index contributed by atoms with van der Waals surface area (Å²) in [7, 11) is -4.66. The molecule has 5 aromatic rings. The molecule has 1 aliphatic rings. The standard InChI is InChI=1S/C38H37N7O7S2/c46-29-10-6-9-28(24-29)31-13-5-4-8-27(31)15-16-37(47)44-21-19-43(20-22-44)35-25-33(39-18-23-53-30-11-2-1-3-12-30)34(45(49)50)26-36(35)54(51,52)42-38(48)32-14-7-17-40-41-32/h1-14,17,24-26,39,46H,15-16,18-23H2,(H,42,48). The Morgan fingerprint density at radius 2 is 1.67 bits per heavy atom. The van der Waals surface area contributed by atoms with E-state index in [1.54, 1.807) is 39.8 Å². The van der Waals surface area contributed by atoms with Crippen molar-refractivity contribution in [2.75, 3.05) is 48.7 Å². The summed E-state index contributed by atoms with van der Waals surface area (Å²) in [5, 5.41) is 32.7. The van der Waals surface area contributed by atoms with E-state index in [0.717, 1.165) is 27.7 Å². The molecule has 0 bridgehead atoms.